The summed E-state index contributed by atoms with van der Waals surface area (Å²) in [5.41, 5.74) is 7.73. The van der Waals surface area contributed by atoms with E-state index in [-0.39, 0.29) is 41.5 Å². The van der Waals surface area contributed by atoms with Crippen LogP contribution in [0.15, 0.2) is 69.3 Å². The molecule has 5 rings (SSSR count). The van der Waals surface area contributed by atoms with E-state index < -0.39 is 17.5 Å². The van der Waals surface area contributed by atoms with Crippen LogP contribution in [0.4, 0.5) is 4.39 Å². The first-order valence-electron chi connectivity index (χ1n) is 10.5. The second kappa shape index (κ2) is 9.07. The van der Waals surface area contributed by atoms with Crippen molar-refractivity contribution in [2.45, 2.75) is 20.3 Å². The van der Waals surface area contributed by atoms with Crippen molar-refractivity contribution >= 4 is 11.0 Å². The fourth-order valence-electron chi connectivity index (χ4n) is 4.28. The SMILES string of the molecule is C.COc1ccc(C2C(C#N)=C(N)Oc3c2c(=O)oc2ccc(O)cc32)cc1-c1cnc(F)c(C)c1. The van der Waals surface area contributed by atoms with Crippen LogP contribution in [0.2, 0.25) is 0 Å². The van der Waals surface area contributed by atoms with Gasteiger partial charge in [-0.2, -0.15) is 9.65 Å². The average Bonchev–Trinajstić information content (AvgIpc) is 2.85. The third-order valence-corrected chi connectivity index (χ3v) is 5.93. The number of ether oxygens (including phenoxy) is 2. The highest BCUT2D eigenvalue weighted by Gasteiger charge is 2.36. The molecule has 0 aliphatic carbocycles. The molecule has 8 nitrogen and oxygen atoms in total. The van der Waals surface area contributed by atoms with Crippen molar-refractivity contribution in [2.24, 2.45) is 5.73 Å². The molecule has 2 aromatic heterocycles. The lowest BCUT2D eigenvalue weighted by Crippen LogP contribution is -2.26. The van der Waals surface area contributed by atoms with Crippen LogP contribution in [0, 0.1) is 24.2 Å². The molecule has 36 heavy (non-hydrogen) atoms. The van der Waals surface area contributed by atoms with Gasteiger partial charge in [0.1, 0.15) is 28.7 Å². The van der Waals surface area contributed by atoms with E-state index in [0.29, 0.717) is 33.4 Å². The normalized spacial score (nSPS) is 14.4. The lowest BCUT2D eigenvalue weighted by atomic mass is 9.82. The van der Waals surface area contributed by atoms with Gasteiger partial charge in [-0.3, -0.25) is 0 Å². The van der Waals surface area contributed by atoms with Crippen LogP contribution in [0.3, 0.4) is 0 Å². The first kappa shape index (κ1) is 24.3. The number of pyridine rings is 1. The second-order valence-corrected chi connectivity index (χ2v) is 8.03. The zero-order chi connectivity index (χ0) is 24.9. The van der Waals surface area contributed by atoms with Crippen molar-refractivity contribution in [2.75, 3.05) is 7.11 Å². The molecule has 0 radical (unpaired) electrons. The van der Waals surface area contributed by atoms with Gasteiger partial charge < -0.3 is 24.7 Å². The molecule has 4 aromatic rings. The van der Waals surface area contributed by atoms with Gasteiger partial charge in [0.2, 0.25) is 11.8 Å². The Bertz CT molecular complexity index is 1650. The van der Waals surface area contributed by atoms with Crippen molar-refractivity contribution in [3.05, 3.63) is 93.2 Å². The number of nitrogens with two attached hydrogens (primary N) is 1. The number of methoxy groups -OCH3 is 1. The smallest absolute Gasteiger partial charge is 0.344 e. The van der Waals surface area contributed by atoms with Gasteiger partial charge in [0.15, 0.2) is 5.75 Å². The van der Waals surface area contributed by atoms with Crippen LogP contribution in [0.25, 0.3) is 22.1 Å². The highest BCUT2D eigenvalue weighted by atomic mass is 19.1. The Balaban J connectivity index is 0.00000304. The van der Waals surface area contributed by atoms with Gasteiger partial charge in [0, 0.05) is 22.9 Å². The highest BCUT2D eigenvalue weighted by Crippen LogP contribution is 2.45. The van der Waals surface area contributed by atoms with Crippen LogP contribution in [-0.2, 0) is 0 Å². The van der Waals surface area contributed by atoms with Crippen molar-refractivity contribution in [1.82, 2.24) is 4.98 Å². The van der Waals surface area contributed by atoms with E-state index in [1.54, 1.807) is 31.2 Å². The number of hydrogen-bond donors (Lipinski definition) is 2. The number of phenols is 1. The minimum absolute atomic E-state index is 0. The number of aryl methyl sites for hydroxylation is 1. The van der Waals surface area contributed by atoms with Crippen molar-refractivity contribution in [3.8, 4) is 34.4 Å². The summed E-state index contributed by atoms with van der Waals surface area (Å²) in [7, 11) is 1.50. The molecule has 1 aliphatic heterocycles. The standard InChI is InChI=1S/C26H18FN3O5.CH4/c1-12-7-14(11-30-24(12)27)16-8-13(3-5-19(16)33-2)21-18(10-28)25(29)35-23-17-9-15(31)4-6-20(17)34-26(32)22(21)23;/h3-9,11,21,31H,29H2,1-2H3;1H4. The Kier molecular flexibility index (Phi) is 6.12. The van der Waals surface area contributed by atoms with Crippen LogP contribution >= 0.6 is 0 Å². The Morgan fingerprint density at radius 3 is 2.69 bits per heavy atom. The van der Waals surface area contributed by atoms with E-state index in [2.05, 4.69) is 4.98 Å². The predicted octanol–water partition coefficient (Wildman–Crippen LogP) is 4.87. The maximum atomic E-state index is 13.8. The van der Waals surface area contributed by atoms with Crippen LogP contribution in [0.1, 0.15) is 30.0 Å². The molecule has 0 amide bonds. The highest BCUT2D eigenvalue weighted by molar-refractivity contribution is 5.87. The molecule has 1 unspecified atom stereocenters. The fraction of sp³-hybridized carbons (Fsp3) is 0.148. The molecule has 0 fully saturated rings. The number of fused-ring (bicyclic) bond motifs is 3. The Hall–Kier alpha value is -4.84. The summed E-state index contributed by atoms with van der Waals surface area (Å²) in [5.74, 6) is -1.15. The molecule has 9 heteroatoms. The number of aromatic nitrogens is 1. The number of allylic oxidation sites excluding steroid dienone is 1. The van der Waals surface area contributed by atoms with Crippen LogP contribution in [0.5, 0.6) is 17.2 Å². The van der Waals surface area contributed by atoms with E-state index in [0.717, 1.165) is 0 Å². The lowest BCUT2D eigenvalue weighted by Gasteiger charge is -2.26. The number of hydrogen-bond acceptors (Lipinski definition) is 8. The van der Waals surface area contributed by atoms with E-state index in [1.807, 2.05) is 6.07 Å². The van der Waals surface area contributed by atoms with Gasteiger partial charge in [-0.05, 0) is 48.9 Å². The van der Waals surface area contributed by atoms with Gasteiger partial charge in [-0.25, -0.2) is 9.78 Å². The topological polar surface area (TPSA) is 132 Å². The largest absolute Gasteiger partial charge is 0.508 e. The quantitative estimate of drug-likeness (QED) is 0.309. The second-order valence-electron chi connectivity index (χ2n) is 8.03. The molecular weight excluding hydrogens is 465 g/mol. The maximum Gasteiger partial charge on any atom is 0.344 e. The fourth-order valence-corrected chi connectivity index (χ4v) is 4.28. The summed E-state index contributed by atoms with van der Waals surface area (Å²) in [4.78, 5) is 16.9. The summed E-state index contributed by atoms with van der Waals surface area (Å²) in [6.07, 6.45) is 1.38. The zero-order valence-electron chi connectivity index (χ0n) is 18.6. The summed E-state index contributed by atoms with van der Waals surface area (Å²) < 4.78 is 30.5. The molecule has 0 saturated carbocycles. The van der Waals surface area contributed by atoms with E-state index in [1.165, 1.54) is 31.5 Å². The number of aromatic hydroxyl groups is 1. The van der Waals surface area contributed by atoms with Gasteiger partial charge in [-0.15, -0.1) is 0 Å². The van der Waals surface area contributed by atoms with Crippen LogP contribution < -0.4 is 20.8 Å². The third-order valence-electron chi connectivity index (χ3n) is 5.93. The molecule has 0 spiro atoms. The van der Waals surface area contributed by atoms with E-state index >= 15 is 0 Å². The molecule has 2 aromatic carbocycles. The first-order chi connectivity index (χ1) is 16.8. The molecular formula is C27H22FN3O5. The van der Waals surface area contributed by atoms with E-state index in [9.17, 15) is 19.6 Å². The summed E-state index contributed by atoms with van der Waals surface area (Å²) in [5, 5.41) is 20.2. The molecule has 1 aliphatic rings. The van der Waals surface area contributed by atoms with Crippen molar-refractivity contribution in [3.63, 3.8) is 0 Å². The number of nitrogens with zero attached hydrogens (tertiary/aromatic N) is 2. The Morgan fingerprint density at radius 2 is 2.00 bits per heavy atom. The van der Waals surface area contributed by atoms with Gasteiger partial charge in [0.25, 0.3) is 0 Å². The minimum atomic E-state index is -0.925. The van der Waals surface area contributed by atoms with E-state index in [4.69, 9.17) is 19.6 Å². The number of halogens is 1. The van der Waals surface area contributed by atoms with Gasteiger partial charge in [0.05, 0.1) is 24.0 Å². The van der Waals surface area contributed by atoms with Gasteiger partial charge in [-0.1, -0.05) is 13.5 Å². The Labute approximate surface area is 205 Å². The van der Waals surface area contributed by atoms with Crippen LogP contribution in [-0.4, -0.2) is 17.2 Å². The summed E-state index contributed by atoms with van der Waals surface area (Å²) in [6.45, 7) is 1.60. The number of benzene rings is 2. The third kappa shape index (κ3) is 3.79. The summed E-state index contributed by atoms with van der Waals surface area (Å²) >= 11 is 0. The average molecular weight is 487 g/mol. The molecule has 3 N–H and O–H groups in total. The molecule has 0 bridgehead atoms. The first-order valence-corrected chi connectivity index (χ1v) is 10.5. The van der Waals surface area contributed by atoms with Crippen molar-refractivity contribution < 1.29 is 23.4 Å². The molecule has 1 atom stereocenters. The molecule has 0 saturated heterocycles. The molecule has 182 valence electrons. The maximum absolute atomic E-state index is 13.8. The lowest BCUT2D eigenvalue weighted by molar-refractivity contribution is 0.387. The zero-order valence-corrected chi connectivity index (χ0v) is 18.6. The molecule has 3 heterocycles. The Morgan fingerprint density at radius 1 is 1.22 bits per heavy atom. The van der Waals surface area contributed by atoms with Crippen molar-refractivity contribution in [1.29, 1.82) is 5.26 Å². The number of nitriles is 1. The van der Waals surface area contributed by atoms with Gasteiger partial charge >= 0.3 is 5.63 Å². The monoisotopic (exact) mass is 487 g/mol. The minimum Gasteiger partial charge on any atom is -0.508 e. The number of phenolic OH excluding ortho intramolecular Hbond substituents is 1. The number of rotatable bonds is 3. The summed E-state index contributed by atoms with van der Waals surface area (Å²) in [6, 6.07) is 13.0. The predicted molar refractivity (Wildman–Crippen MR) is 131 cm³/mol.